The normalized spacial score (nSPS) is 10.5. The molecule has 0 fully saturated rings. The molecular formula is C12H15N3. The quantitative estimate of drug-likeness (QED) is 0.808. The minimum absolute atomic E-state index is 0.706. The van der Waals surface area contributed by atoms with Crippen LogP contribution in [0.3, 0.4) is 0 Å². The van der Waals surface area contributed by atoms with Gasteiger partial charge < -0.3 is 5.73 Å². The molecule has 0 amide bonds. The maximum atomic E-state index is 5.79. The summed E-state index contributed by atoms with van der Waals surface area (Å²) >= 11 is 0. The molecule has 0 saturated carbocycles. The van der Waals surface area contributed by atoms with E-state index >= 15 is 0 Å². The number of aromatic nitrogens is 2. The summed E-state index contributed by atoms with van der Waals surface area (Å²) in [5.74, 6) is 0.706. The second-order valence-electron chi connectivity index (χ2n) is 3.78. The van der Waals surface area contributed by atoms with Gasteiger partial charge in [-0.05, 0) is 36.6 Å². The Balaban J connectivity index is 2.36. The van der Waals surface area contributed by atoms with E-state index in [0.717, 1.165) is 6.54 Å². The Morgan fingerprint density at radius 3 is 2.40 bits per heavy atom. The second kappa shape index (κ2) is 3.77. The molecule has 1 heterocycles. The number of anilines is 1. The second-order valence-corrected chi connectivity index (χ2v) is 3.78. The van der Waals surface area contributed by atoms with Crippen LogP contribution in [0.5, 0.6) is 0 Å². The van der Waals surface area contributed by atoms with E-state index in [0.29, 0.717) is 5.82 Å². The van der Waals surface area contributed by atoms with E-state index < -0.39 is 0 Å². The van der Waals surface area contributed by atoms with Gasteiger partial charge in [0.2, 0.25) is 0 Å². The third-order valence-corrected chi connectivity index (χ3v) is 2.70. The molecule has 3 nitrogen and oxygen atoms in total. The molecule has 2 N–H and O–H groups in total. The van der Waals surface area contributed by atoms with Crippen LogP contribution in [0.25, 0.3) is 0 Å². The van der Waals surface area contributed by atoms with Gasteiger partial charge in [0.25, 0.3) is 0 Å². The fraction of sp³-hybridized carbons (Fsp3) is 0.250. The molecule has 0 saturated heterocycles. The van der Waals surface area contributed by atoms with Gasteiger partial charge in [-0.25, -0.2) is 4.68 Å². The number of nitrogens with zero attached hydrogens (tertiary/aromatic N) is 2. The lowest BCUT2D eigenvalue weighted by Gasteiger charge is -2.10. The number of nitrogens with two attached hydrogens (primary N) is 1. The van der Waals surface area contributed by atoms with Crippen molar-refractivity contribution >= 4 is 5.82 Å². The minimum atomic E-state index is 0.706. The highest BCUT2D eigenvalue weighted by atomic mass is 15.3. The lowest BCUT2D eigenvalue weighted by molar-refractivity contribution is 0.691. The highest BCUT2D eigenvalue weighted by Crippen LogP contribution is 2.15. The zero-order valence-electron chi connectivity index (χ0n) is 9.07. The monoisotopic (exact) mass is 201 g/mol. The summed E-state index contributed by atoms with van der Waals surface area (Å²) in [6.45, 7) is 4.97. The largest absolute Gasteiger partial charge is 0.384 e. The Hall–Kier alpha value is -1.77. The molecular weight excluding hydrogens is 186 g/mol. The predicted molar refractivity (Wildman–Crippen MR) is 61.7 cm³/mol. The predicted octanol–water partition coefficient (Wildman–Crippen LogP) is 2.13. The third kappa shape index (κ3) is 1.86. The lowest BCUT2D eigenvalue weighted by Crippen LogP contribution is -2.08. The Bertz CT molecular complexity index is 451. The fourth-order valence-corrected chi connectivity index (χ4v) is 1.72. The van der Waals surface area contributed by atoms with Crippen molar-refractivity contribution in [1.29, 1.82) is 0 Å². The van der Waals surface area contributed by atoms with Crippen LogP contribution in [0.1, 0.15) is 16.7 Å². The van der Waals surface area contributed by atoms with Crippen molar-refractivity contribution in [1.82, 2.24) is 9.78 Å². The maximum absolute atomic E-state index is 5.79. The smallest absolute Gasteiger partial charge is 0.122 e. The molecule has 0 atom stereocenters. The van der Waals surface area contributed by atoms with E-state index in [2.05, 4.69) is 37.1 Å². The first-order valence-corrected chi connectivity index (χ1v) is 5.01. The fourth-order valence-electron chi connectivity index (χ4n) is 1.72. The van der Waals surface area contributed by atoms with E-state index in [4.69, 9.17) is 5.73 Å². The molecule has 78 valence electrons. The first-order valence-electron chi connectivity index (χ1n) is 5.01. The number of rotatable bonds is 2. The van der Waals surface area contributed by atoms with Gasteiger partial charge in [-0.1, -0.05) is 18.2 Å². The van der Waals surface area contributed by atoms with Crippen molar-refractivity contribution < 1.29 is 0 Å². The topological polar surface area (TPSA) is 43.8 Å². The Morgan fingerprint density at radius 1 is 1.20 bits per heavy atom. The van der Waals surface area contributed by atoms with Crippen molar-refractivity contribution in [3.8, 4) is 0 Å². The molecule has 0 unspecified atom stereocenters. The van der Waals surface area contributed by atoms with Crippen LogP contribution >= 0.6 is 0 Å². The summed E-state index contributed by atoms with van der Waals surface area (Å²) in [5, 5.41) is 4.18. The molecule has 3 heteroatoms. The number of hydrogen-bond acceptors (Lipinski definition) is 2. The van der Waals surface area contributed by atoms with Crippen molar-refractivity contribution in [3.63, 3.8) is 0 Å². The van der Waals surface area contributed by atoms with Crippen LogP contribution in [0.15, 0.2) is 30.5 Å². The molecule has 2 aromatic rings. The number of aryl methyl sites for hydroxylation is 2. The van der Waals surface area contributed by atoms with E-state index in [1.807, 2.05) is 10.7 Å². The van der Waals surface area contributed by atoms with Gasteiger partial charge in [-0.15, -0.1) is 0 Å². The minimum Gasteiger partial charge on any atom is -0.384 e. The maximum Gasteiger partial charge on any atom is 0.122 e. The van der Waals surface area contributed by atoms with E-state index in [1.54, 1.807) is 6.20 Å². The van der Waals surface area contributed by atoms with Gasteiger partial charge in [-0.2, -0.15) is 5.10 Å². The molecule has 0 aliphatic heterocycles. The zero-order valence-corrected chi connectivity index (χ0v) is 9.07. The van der Waals surface area contributed by atoms with Gasteiger partial charge in [0.05, 0.1) is 12.7 Å². The zero-order chi connectivity index (χ0) is 10.8. The summed E-state index contributed by atoms with van der Waals surface area (Å²) in [4.78, 5) is 0. The van der Waals surface area contributed by atoms with Gasteiger partial charge in [-0.3, -0.25) is 0 Å². The van der Waals surface area contributed by atoms with Crippen molar-refractivity contribution in [2.45, 2.75) is 20.4 Å². The molecule has 1 aromatic heterocycles. The van der Waals surface area contributed by atoms with Crippen molar-refractivity contribution in [2.75, 3.05) is 5.73 Å². The Labute approximate surface area is 89.5 Å². The summed E-state index contributed by atoms with van der Waals surface area (Å²) in [5.41, 5.74) is 9.65. The number of benzene rings is 1. The third-order valence-electron chi connectivity index (χ3n) is 2.70. The first-order chi connectivity index (χ1) is 7.18. The standard InChI is InChI=1S/C12H15N3/c1-9-4-3-5-10(2)11(9)8-15-12(13)6-7-14-15/h3-7H,8,13H2,1-2H3. The first kappa shape index (κ1) is 9.77. The Morgan fingerprint density at radius 2 is 1.87 bits per heavy atom. The van der Waals surface area contributed by atoms with Gasteiger partial charge >= 0.3 is 0 Å². The Kier molecular flexibility index (Phi) is 2.46. The highest BCUT2D eigenvalue weighted by molar-refractivity contribution is 5.35. The summed E-state index contributed by atoms with van der Waals surface area (Å²) in [6.07, 6.45) is 1.73. The van der Waals surface area contributed by atoms with Crippen LogP contribution in [0.4, 0.5) is 5.82 Å². The number of hydrogen-bond donors (Lipinski definition) is 1. The molecule has 1 aromatic carbocycles. The molecule has 0 spiro atoms. The van der Waals surface area contributed by atoms with Crippen molar-refractivity contribution in [3.05, 3.63) is 47.2 Å². The van der Waals surface area contributed by atoms with Crippen LogP contribution in [-0.2, 0) is 6.54 Å². The lowest BCUT2D eigenvalue weighted by atomic mass is 10.0. The molecule has 0 aliphatic rings. The summed E-state index contributed by atoms with van der Waals surface area (Å²) < 4.78 is 1.81. The number of nitrogen functional groups attached to an aromatic ring is 1. The van der Waals surface area contributed by atoms with Crippen LogP contribution in [0.2, 0.25) is 0 Å². The average Bonchev–Trinajstić information content (AvgIpc) is 2.58. The molecule has 0 aliphatic carbocycles. The average molecular weight is 201 g/mol. The molecule has 0 bridgehead atoms. The van der Waals surface area contributed by atoms with Crippen LogP contribution in [-0.4, -0.2) is 9.78 Å². The SMILES string of the molecule is Cc1cccc(C)c1Cn1nccc1N. The van der Waals surface area contributed by atoms with Gasteiger partial charge in [0.15, 0.2) is 0 Å². The van der Waals surface area contributed by atoms with E-state index in [-0.39, 0.29) is 0 Å². The summed E-state index contributed by atoms with van der Waals surface area (Å²) in [6, 6.07) is 8.11. The molecule has 0 radical (unpaired) electrons. The molecule has 2 rings (SSSR count). The van der Waals surface area contributed by atoms with Crippen LogP contribution in [0, 0.1) is 13.8 Å². The van der Waals surface area contributed by atoms with Crippen molar-refractivity contribution in [2.24, 2.45) is 0 Å². The molecule has 15 heavy (non-hydrogen) atoms. The van der Waals surface area contributed by atoms with Gasteiger partial charge in [0.1, 0.15) is 5.82 Å². The summed E-state index contributed by atoms with van der Waals surface area (Å²) in [7, 11) is 0. The van der Waals surface area contributed by atoms with E-state index in [9.17, 15) is 0 Å². The highest BCUT2D eigenvalue weighted by Gasteiger charge is 2.04. The van der Waals surface area contributed by atoms with Crippen LogP contribution < -0.4 is 5.73 Å². The van der Waals surface area contributed by atoms with E-state index in [1.165, 1.54) is 16.7 Å². The van der Waals surface area contributed by atoms with Gasteiger partial charge in [0, 0.05) is 0 Å².